The Morgan fingerprint density at radius 2 is 1.38 bits per heavy atom. The Bertz CT molecular complexity index is 1980. The zero-order valence-corrected chi connectivity index (χ0v) is 32.8. The number of nitrogens with zero attached hydrogens (tertiary/aromatic N) is 1. The Hall–Kier alpha value is -3.61. The van der Waals surface area contributed by atoms with Crippen molar-refractivity contribution in [1.82, 2.24) is 3.97 Å². The third-order valence-corrected chi connectivity index (χ3v) is 13.4. The van der Waals surface area contributed by atoms with Crippen LogP contribution in [0.1, 0.15) is 43.9 Å². The maximum atomic E-state index is 13.8. The second-order valence-corrected chi connectivity index (χ2v) is 19.6. The van der Waals surface area contributed by atoms with E-state index in [2.05, 4.69) is 37.4 Å². The fraction of sp³-hybridized carbons (Fsp3) is 0.381. The molecule has 5 aromatic rings. The quantitative estimate of drug-likeness (QED) is 0.101. The van der Waals surface area contributed by atoms with E-state index < -0.39 is 30.3 Å². The SMILES string of the molecule is C[SiH](C)[C@]1(OCCc2cn(S(=O)(=O)c3ccccc3)c3ccccc23)O[C@H](COC(C)(C)C)C[C@H](OCc2ccccc2)[C@H]1OCc1ccccc1. The van der Waals surface area contributed by atoms with Crippen molar-refractivity contribution in [3.63, 3.8) is 0 Å². The van der Waals surface area contributed by atoms with Gasteiger partial charge in [0.2, 0.25) is 0 Å². The molecule has 0 aliphatic carbocycles. The second-order valence-electron chi connectivity index (χ2n) is 14.7. The summed E-state index contributed by atoms with van der Waals surface area (Å²) in [5.74, 6) is 0. The maximum Gasteiger partial charge on any atom is 0.268 e. The van der Waals surface area contributed by atoms with E-state index in [-0.39, 0.29) is 29.3 Å². The number of aromatic nitrogens is 1. The van der Waals surface area contributed by atoms with E-state index in [9.17, 15) is 8.42 Å². The Balaban J connectivity index is 1.32. The first-order valence-electron chi connectivity index (χ1n) is 18.1. The van der Waals surface area contributed by atoms with Crippen LogP contribution in [0.4, 0.5) is 0 Å². The van der Waals surface area contributed by atoms with Crippen LogP contribution in [0, 0.1) is 0 Å². The number of fused-ring (bicyclic) bond motifs is 1. The zero-order valence-electron chi connectivity index (χ0n) is 30.8. The summed E-state index contributed by atoms with van der Waals surface area (Å²) in [6.07, 6.45) is 1.64. The molecule has 1 aliphatic heterocycles. The van der Waals surface area contributed by atoms with Gasteiger partial charge in [0, 0.05) is 18.0 Å². The monoisotopic (exact) mass is 741 g/mol. The summed E-state index contributed by atoms with van der Waals surface area (Å²) in [4.78, 5) is 0.238. The van der Waals surface area contributed by atoms with Gasteiger partial charge in [0.05, 0.1) is 54.6 Å². The van der Waals surface area contributed by atoms with Crippen molar-refractivity contribution in [2.45, 2.75) is 94.1 Å². The number of ether oxygens (including phenoxy) is 5. The molecule has 0 unspecified atom stereocenters. The summed E-state index contributed by atoms with van der Waals surface area (Å²) in [5.41, 5.74) is 2.22. The Labute approximate surface area is 310 Å². The Morgan fingerprint density at radius 1 is 0.808 bits per heavy atom. The van der Waals surface area contributed by atoms with Crippen LogP contribution >= 0.6 is 0 Å². The van der Waals surface area contributed by atoms with Gasteiger partial charge in [-0.25, -0.2) is 12.4 Å². The van der Waals surface area contributed by atoms with Crippen LogP contribution in [0.25, 0.3) is 10.9 Å². The van der Waals surface area contributed by atoms with Crippen LogP contribution in [-0.2, 0) is 53.3 Å². The minimum atomic E-state index is -3.81. The normalized spacial score (nSPS) is 21.2. The first-order chi connectivity index (χ1) is 25.0. The molecule has 1 aliphatic rings. The summed E-state index contributed by atoms with van der Waals surface area (Å²) < 4.78 is 63.0. The smallest absolute Gasteiger partial charge is 0.268 e. The van der Waals surface area contributed by atoms with Gasteiger partial charge in [-0.15, -0.1) is 0 Å². The van der Waals surface area contributed by atoms with Gasteiger partial charge >= 0.3 is 0 Å². The molecule has 4 aromatic carbocycles. The molecule has 0 saturated carbocycles. The number of para-hydroxylation sites is 1. The van der Waals surface area contributed by atoms with Gasteiger partial charge in [0.1, 0.15) is 14.9 Å². The zero-order chi connectivity index (χ0) is 36.8. The highest BCUT2D eigenvalue weighted by Gasteiger charge is 2.55. The van der Waals surface area contributed by atoms with Crippen molar-refractivity contribution >= 4 is 29.7 Å². The van der Waals surface area contributed by atoms with Gasteiger partial charge in [0.15, 0.2) is 5.41 Å². The molecule has 1 aromatic heterocycles. The Morgan fingerprint density at radius 3 is 2.00 bits per heavy atom. The molecular formula is C42H51NO7SSi. The molecule has 6 rings (SSSR count). The molecule has 0 spiro atoms. The molecule has 0 bridgehead atoms. The average molecular weight is 742 g/mol. The first-order valence-corrected chi connectivity index (χ1v) is 22.5. The highest BCUT2D eigenvalue weighted by atomic mass is 32.2. The second kappa shape index (κ2) is 16.6. The topological polar surface area (TPSA) is 85.2 Å². The highest BCUT2D eigenvalue weighted by Crippen LogP contribution is 2.39. The lowest BCUT2D eigenvalue weighted by molar-refractivity contribution is -0.323. The van der Waals surface area contributed by atoms with Crippen molar-refractivity contribution in [3.05, 3.63) is 138 Å². The average Bonchev–Trinajstić information content (AvgIpc) is 3.53. The molecule has 8 nitrogen and oxygen atoms in total. The van der Waals surface area contributed by atoms with Crippen molar-refractivity contribution in [2.75, 3.05) is 13.2 Å². The first kappa shape index (κ1) is 38.1. The molecular weight excluding hydrogens is 691 g/mol. The van der Waals surface area contributed by atoms with E-state index in [0.717, 1.165) is 22.1 Å². The minimum Gasteiger partial charge on any atom is -0.373 e. The summed E-state index contributed by atoms with van der Waals surface area (Å²) >= 11 is 0. The van der Waals surface area contributed by atoms with Crippen molar-refractivity contribution in [2.24, 2.45) is 0 Å². The predicted octanol–water partition coefficient (Wildman–Crippen LogP) is 7.93. The van der Waals surface area contributed by atoms with E-state index in [1.165, 1.54) is 3.97 Å². The fourth-order valence-electron chi connectivity index (χ4n) is 6.77. The van der Waals surface area contributed by atoms with Crippen molar-refractivity contribution in [1.29, 1.82) is 0 Å². The molecule has 10 heteroatoms. The van der Waals surface area contributed by atoms with E-state index in [1.54, 1.807) is 30.5 Å². The predicted molar refractivity (Wildman–Crippen MR) is 207 cm³/mol. The molecule has 2 heterocycles. The van der Waals surface area contributed by atoms with Gasteiger partial charge < -0.3 is 23.7 Å². The van der Waals surface area contributed by atoms with Crippen molar-refractivity contribution < 1.29 is 32.1 Å². The van der Waals surface area contributed by atoms with Gasteiger partial charge in [-0.2, -0.15) is 0 Å². The molecule has 0 radical (unpaired) electrons. The number of rotatable bonds is 15. The number of hydrogen-bond donors (Lipinski definition) is 0. The summed E-state index contributed by atoms with van der Waals surface area (Å²) in [6, 6.07) is 36.4. The highest BCUT2D eigenvalue weighted by molar-refractivity contribution is 7.90. The van der Waals surface area contributed by atoms with E-state index in [1.807, 2.05) is 87.5 Å². The molecule has 0 amide bonds. The van der Waals surface area contributed by atoms with Crippen LogP contribution < -0.4 is 0 Å². The summed E-state index contributed by atoms with van der Waals surface area (Å²) in [6.45, 7) is 12.0. The van der Waals surface area contributed by atoms with Crippen LogP contribution in [0.15, 0.2) is 126 Å². The van der Waals surface area contributed by atoms with Gasteiger partial charge in [-0.1, -0.05) is 110 Å². The Kier molecular flexibility index (Phi) is 12.2. The lowest BCUT2D eigenvalue weighted by Gasteiger charge is -2.51. The summed E-state index contributed by atoms with van der Waals surface area (Å²) in [5, 5.41) is 0.864. The van der Waals surface area contributed by atoms with Crippen LogP contribution in [0.2, 0.25) is 13.1 Å². The third-order valence-electron chi connectivity index (χ3n) is 9.43. The van der Waals surface area contributed by atoms with Gasteiger partial charge in [0.25, 0.3) is 10.0 Å². The molecule has 4 atom stereocenters. The molecule has 1 saturated heterocycles. The molecule has 0 N–H and O–H groups in total. The van der Waals surface area contributed by atoms with E-state index in [0.29, 0.717) is 38.2 Å². The summed E-state index contributed by atoms with van der Waals surface area (Å²) in [7, 11) is -5.67. The fourth-order valence-corrected chi connectivity index (χ4v) is 10.1. The molecule has 1 fully saturated rings. The number of benzene rings is 4. The van der Waals surface area contributed by atoms with Crippen LogP contribution in [0.3, 0.4) is 0 Å². The molecule has 52 heavy (non-hydrogen) atoms. The van der Waals surface area contributed by atoms with Gasteiger partial charge in [-0.05, 0) is 62.1 Å². The lowest BCUT2D eigenvalue weighted by Crippen LogP contribution is -2.67. The van der Waals surface area contributed by atoms with Crippen molar-refractivity contribution in [3.8, 4) is 0 Å². The van der Waals surface area contributed by atoms with E-state index >= 15 is 0 Å². The largest absolute Gasteiger partial charge is 0.373 e. The lowest BCUT2D eigenvalue weighted by atomic mass is 10.0. The molecule has 276 valence electrons. The minimum absolute atomic E-state index is 0.238. The van der Waals surface area contributed by atoms with Crippen LogP contribution in [0.5, 0.6) is 0 Å². The van der Waals surface area contributed by atoms with Gasteiger partial charge in [-0.3, -0.25) is 0 Å². The standard InChI is InChI=1S/C42H51NO7SSi/c1-41(2,3)49-31-35-27-39(46-29-32-17-9-6-10-18-32)40(47-30-33-19-11-7-12-20-33)42(50-35,52(4)5)48-26-25-34-28-43(38-24-16-15-23-37(34)38)51(44,45)36-21-13-8-14-22-36/h6-24,28,35,39-40,52H,25-27,29-31H2,1-5H3/t35-,39-,40+,42+/m0/s1. The third kappa shape index (κ3) is 8.94. The van der Waals surface area contributed by atoms with Crippen LogP contribution in [-0.4, -0.2) is 63.7 Å². The number of hydrogen-bond acceptors (Lipinski definition) is 7. The van der Waals surface area contributed by atoms with E-state index in [4.69, 9.17) is 23.7 Å². The maximum absolute atomic E-state index is 13.8.